The van der Waals surface area contributed by atoms with E-state index in [9.17, 15) is 14.0 Å². The first kappa shape index (κ1) is 18.1. The van der Waals surface area contributed by atoms with Gasteiger partial charge in [0.15, 0.2) is 0 Å². The maximum atomic E-state index is 13.7. The minimum atomic E-state index is -0.698. The monoisotopic (exact) mass is 398 g/mol. The number of amides is 2. The quantitative estimate of drug-likeness (QED) is 0.484. The maximum absolute atomic E-state index is 13.7. The van der Waals surface area contributed by atoms with Crippen LogP contribution in [0.15, 0.2) is 66.9 Å². The largest absolute Gasteiger partial charge is 0.269 e. The molecule has 2 aromatic heterocycles. The molecule has 5 rings (SSSR count). The van der Waals surface area contributed by atoms with E-state index in [1.165, 1.54) is 23.1 Å². The van der Waals surface area contributed by atoms with Gasteiger partial charge in [0.2, 0.25) is 0 Å². The lowest BCUT2D eigenvalue weighted by atomic mass is 10.1. The summed E-state index contributed by atoms with van der Waals surface area (Å²) in [5.41, 5.74) is 2.91. The van der Waals surface area contributed by atoms with E-state index in [1.807, 2.05) is 0 Å². The highest BCUT2D eigenvalue weighted by Gasteiger charge is 2.40. The third kappa shape index (κ3) is 2.75. The van der Waals surface area contributed by atoms with E-state index in [2.05, 4.69) is 15.0 Å². The molecule has 30 heavy (non-hydrogen) atoms. The van der Waals surface area contributed by atoms with Crippen LogP contribution in [0.5, 0.6) is 0 Å². The number of fused-ring (bicyclic) bond motifs is 2. The Morgan fingerprint density at radius 1 is 0.867 bits per heavy atom. The Balaban J connectivity index is 1.69. The molecule has 0 radical (unpaired) electrons. The minimum absolute atomic E-state index is 0.365. The van der Waals surface area contributed by atoms with Crippen molar-refractivity contribution in [2.24, 2.45) is 0 Å². The fraction of sp³-hybridized carbons (Fsp3) is 0.0870. The molecule has 0 fully saturated rings. The molecule has 2 amide bonds. The summed E-state index contributed by atoms with van der Waals surface area (Å²) < 4.78 is 13.7. The molecule has 0 bridgehead atoms. The Bertz CT molecular complexity index is 1290. The smallest absolute Gasteiger partial charge is 0.262 e. The normalized spacial score (nSPS) is 14.3. The first-order valence-electron chi connectivity index (χ1n) is 9.40. The summed E-state index contributed by atoms with van der Waals surface area (Å²) in [6, 6.07) is 15.5. The number of nitrogens with zero attached hydrogens (tertiary/aromatic N) is 4. The van der Waals surface area contributed by atoms with E-state index in [1.54, 1.807) is 55.6 Å². The van der Waals surface area contributed by atoms with E-state index in [0.717, 1.165) is 0 Å². The van der Waals surface area contributed by atoms with Crippen molar-refractivity contribution in [2.75, 3.05) is 0 Å². The van der Waals surface area contributed by atoms with Crippen LogP contribution in [0.2, 0.25) is 0 Å². The molecule has 1 aliphatic heterocycles. The van der Waals surface area contributed by atoms with Crippen molar-refractivity contribution in [1.82, 2.24) is 19.9 Å². The average Bonchev–Trinajstić information content (AvgIpc) is 3.03. The summed E-state index contributed by atoms with van der Waals surface area (Å²) in [4.78, 5) is 40.7. The molecule has 1 atom stereocenters. The number of aromatic nitrogens is 3. The minimum Gasteiger partial charge on any atom is -0.269 e. The van der Waals surface area contributed by atoms with E-state index in [-0.39, 0.29) is 11.8 Å². The summed E-state index contributed by atoms with van der Waals surface area (Å²) >= 11 is 0. The standard InChI is InChI=1S/C23H15FN4O2/c1-13(28-22(29)15-6-2-3-7-16(15)23(28)30)20-21(18-8-4-5-11-25-18)27-19-12-14(24)9-10-17(19)26-20/h2-13H,1H3. The summed E-state index contributed by atoms with van der Waals surface area (Å²) in [6.07, 6.45) is 1.61. The van der Waals surface area contributed by atoms with Crippen molar-refractivity contribution in [3.63, 3.8) is 0 Å². The van der Waals surface area contributed by atoms with E-state index >= 15 is 0 Å². The van der Waals surface area contributed by atoms with Gasteiger partial charge in [0, 0.05) is 12.3 Å². The number of hydrogen-bond acceptors (Lipinski definition) is 5. The molecule has 4 aromatic rings. The molecule has 3 heterocycles. The van der Waals surface area contributed by atoms with Gasteiger partial charge in [-0.1, -0.05) is 18.2 Å². The predicted octanol–water partition coefficient (Wildman–Crippen LogP) is 4.19. The van der Waals surface area contributed by atoms with Gasteiger partial charge in [0.25, 0.3) is 11.8 Å². The van der Waals surface area contributed by atoms with Crippen molar-refractivity contribution in [3.8, 4) is 11.4 Å². The van der Waals surface area contributed by atoms with Gasteiger partial charge in [-0.3, -0.25) is 19.5 Å². The van der Waals surface area contributed by atoms with Crippen LogP contribution in [0.4, 0.5) is 4.39 Å². The van der Waals surface area contributed by atoms with Gasteiger partial charge in [-0.05, 0) is 43.3 Å². The van der Waals surface area contributed by atoms with Gasteiger partial charge in [-0.25, -0.2) is 14.4 Å². The second-order valence-electron chi connectivity index (χ2n) is 7.01. The van der Waals surface area contributed by atoms with Crippen LogP contribution in [0.1, 0.15) is 39.4 Å². The molecular formula is C23H15FN4O2. The molecule has 7 heteroatoms. The van der Waals surface area contributed by atoms with Crippen LogP contribution < -0.4 is 0 Å². The van der Waals surface area contributed by atoms with Gasteiger partial charge in [-0.15, -0.1) is 0 Å². The highest BCUT2D eigenvalue weighted by atomic mass is 19.1. The fourth-order valence-corrected chi connectivity index (χ4v) is 3.71. The zero-order chi connectivity index (χ0) is 20.8. The average molecular weight is 398 g/mol. The topological polar surface area (TPSA) is 76.1 Å². The number of benzene rings is 2. The fourth-order valence-electron chi connectivity index (χ4n) is 3.71. The van der Waals surface area contributed by atoms with Crippen molar-refractivity contribution >= 4 is 22.8 Å². The van der Waals surface area contributed by atoms with Crippen LogP contribution in [-0.4, -0.2) is 31.7 Å². The molecule has 2 aromatic carbocycles. The third-order valence-corrected chi connectivity index (χ3v) is 5.17. The molecule has 6 nitrogen and oxygen atoms in total. The number of pyridine rings is 1. The third-order valence-electron chi connectivity index (χ3n) is 5.17. The molecule has 0 aliphatic carbocycles. The summed E-state index contributed by atoms with van der Waals surface area (Å²) in [7, 11) is 0. The lowest BCUT2D eigenvalue weighted by Gasteiger charge is -2.24. The molecule has 146 valence electrons. The first-order valence-corrected chi connectivity index (χ1v) is 9.40. The number of imide groups is 1. The first-order chi connectivity index (χ1) is 14.5. The zero-order valence-electron chi connectivity index (χ0n) is 15.9. The van der Waals surface area contributed by atoms with Crippen LogP contribution in [0.25, 0.3) is 22.4 Å². The Morgan fingerprint density at radius 3 is 2.23 bits per heavy atom. The van der Waals surface area contributed by atoms with Crippen molar-refractivity contribution in [2.45, 2.75) is 13.0 Å². The molecule has 0 spiro atoms. The molecule has 0 saturated heterocycles. The van der Waals surface area contributed by atoms with E-state index in [4.69, 9.17) is 0 Å². The Morgan fingerprint density at radius 2 is 1.57 bits per heavy atom. The summed E-state index contributed by atoms with van der Waals surface area (Å²) in [5.74, 6) is -1.18. The lowest BCUT2D eigenvalue weighted by Crippen LogP contribution is -2.33. The highest BCUT2D eigenvalue weighted by molar-refractivity contribution is 6.21. The lowest BCUT2D eigenvalue weighted by molar-refractivity contribution is 0.0592. The van der Waals surface area contributed by atoms with Gasteiger partial charge in [-0.2, -0.15) is 0 Å². The van der Waals surface area contributed by atoms with E-state index < -0.39 is 11.9 Å². The van der Waals surface area contributed by atoms with Crippen LogP contribution in [0.3, 0.4) is 0 Å². The number of rotatable bonds is 3. The highest BCUT2D eigenvalue weighted by Crippen LogP contribution is 2.34. The Labute approximate surface area is 171 Å². The number of carbonyl (C=O) groups is 2. The molecular weight excluding hydrogens is 383 g/mol. The van der Waals surface area contributed by atoms with Crippen molar-refractivity contribution in [3.05, 3.63) is 89.5 Å². The zero-order valence-corrected chi connectivity index (χ0v) is 15.9. The van der Waals surface area contributed by atoms with Gasteiger partial charge < -0.3 is 0 Å². The molecule has 1 unspecified atom stereocenters. The number of carbonyl (C=O) groups excluding carboxylic acids is 2. The van der Waals surface area contributed by atoms with Gasteiger partial charge >= 0.3 is 0 Å². The predicted molar refractivity (Wildman–Crippen MR) is 108 cm³/mol. The SMILES string of the molecule is CC(c1nc2ccc(F)cc2nc1-c1ccccn1)N1C(=O)c2ccccc2C1=O. The Hall–Kier alpha value is -4.00. The second kappa shape index (κ2) is 6.81. The second-order valence-corrected chi connectivity index (χ2v) is 7.01. The van der Waals surface area contributed by atoms with Crippen LogP contribution >= 0.6 is 0 Å². The van der Waals surface area contributed by atoms with Crippen LogP contribution in [0, 0.1) is 5.82 Å². The molecule has 0 saturated carbocycles. The molecule has 0 N–H and O–H groups in total. The van der Waals surface area contributed by atoms with Crippen LogP contribution in [-0.2, 0) is 0 Å². The summed E-state index contributed by atoms with van der Waals surface area (Å²) in [6.45, 7) is 1.73. The Kier molecular flexibility index (Phi) is 4.10. The van der Waals surface area contributed by atoms with Gasteiger partial charge in [0.05, 0.1) is 39.6 Å². The maximum Gasteiger partial charge on any atom is 0.262 e. The van der Waals surface area contributed by atoms with Crippen molar-refractivity contribution in [1.29, 1.82) is 0 Å². The van der Waals surface area contributed by atoms with Crippen molar-refractivity contribution < 1.29 is 14.0 Å². The van der Waals surface area contributed by atoms with E-state index in [0.29, 0.717) is 39.2 Å². The van der Waals surface area contributed by atoms with Gasteiger partial charge in [0.1, 0.15) is 11.5 Å². The number of halogens is 1. The molecule has 1 aliphatic rings. The summed E-state index contributed by atoms with van der Waals surface area (Å²) in [5, 5.41) is 0. The number of hydrogen-bond donors (Lipinski definition) is 0.